The van der Waals surface area contributed by atoms with Gasteiger partial charge in [0.05, 0.1) is 32.2 Å². The van der Waals surface area contributed by atoms with Gasteiger partial charge in [0.25, 0.3) is 0 Å². The van der Waals surface area contributed by atoms with E-state index in [1.54, 1.807) is 48.5 Å². The maximum atomic E-state index is 14.9. The Labute approximate surface area is 379 Å². The summed E-state index contributed by atoms with van der Waals surface area (Å²) in [4.78, 5) is 88.8. The standard InChI is InChI=1S/C49H58N8O8/c1-64-44-18-16-39(31-53-44)36-14-12-34(13-15-36)28-41-47(62)54-32-38-11-6-5-10-37(38)29-43(59)55-40(46(61)52-24-27-65-26-22-50)20-23-51-42(58)17-19-45(60)57-25-7-21-49(33-57,48(63)56-41)30-35-8-3-2-4-9-35/h2-6,8-19,31,40-41H,7,20-30,32-33,50H2,1H3,(H,51,58)(H,52,61)(H,54,62)(H,55,59)(H,56,63)/b19-17+/t40-,41-,49-/m0/s1. The Morgan fingerprint density at radius 3 is 2.35 bits per heavy atom. The molecule has 7 N–H and O–H groups in total. The minimum absolute atomic E-state index is 0.0115. The number of benzene rings is 3. The van der Waals surface area contributed by atoms with Gasteiger partial charge in [0.2, 0.25) is 41.3 Å². The molecule has 2 aliphatic heterocycles. The summed E-state index contributed by atoms with van der Waals surface area (Å²) in [5.41, 5.74) is 9.13. The maximum Gasteiger partial charge on any atom is 0.246 e. The second-order valence-electron chi connectivity index (χ2n) is 16.2. The number of carbonyl (C=O) groups excluding carboxylic acids is 6. The minimum Gasteiger partial charge on any atom is -0.481 e. The molecule has 4 aromatic rings. The highest BCUT2D eigenvalue weighted by Gasteiger charge is 2.44. The molecule has 342 valence electrons. The van der Waals surface area contributed by atoms with Gasteiger partial charge >= 0.3 is 0 Å². The van der Waals surface area contributed by atoms with Crippen LogP contribution in [0.2, 0.25) is 0 Å². The predicted octanol–water partition coefficient (Wildman–Crippen LogP) is 2.15. The SMILES string of the molecule is COc1ccc(-c2ccc(C[C@@H]3NC(=O)[C@]4(Cc5ccccc5)CCCN(C4)C(=O)/C=C/C(=O)NCC[C@@H](C(=O)NCCOCCN)NC(=O)Cc4ccccc4CNC3=O)cc2)cn1. The topological polar surface area (TPSA) is 223 Å². The third kappa shape index (κ3) is 13.8. The Morgan fingerprint density at radius 2 is 1.62 bits per heavy atom. The van der Waals surface area contributed by atoms with E-state index in [0.29, 0.717) is 56.0 Å². The lowest BCUT2D eigenvalue weighted by Gasteiger charge is -2.42. The zero-order chi connectivity index (χ0) is 46.0. The molecule has 2 aliphatic rings. The molecule has 1 fully saturated rings. The first-order chi connectivity index (χ1) is 31.6. The van der Waals surface area contributed by atoms with E-state index < -0.39 is 47.0 Å². The van der Waals surface area contributed by atoms with Gasteiger partial charge in [0.1, 0.15) is 12.1 Å². The molecule has 6 amide bonds. The average molecular weight is 887 g/mol. The van der Waals surface area contributed by atoms with Gasteiger partial charge in [-0.3, -0.25) is 28.8 Å². The van der Waals surface area contributed by atoms with E-state index in [9.17, 15) is 28.8 Å². The number of piperidine rings is 1. The van der Waals surface area contributed by atoms with E-state index in [4.69, 9.17) is 15.2 Å². The van der Waals surface area contributed by atoms with Crippen molar-refractivity contribution in [2.45, 2.75) is 57.2 Å². The summed E-state index contributed by atoms with van der Waals surface area (Å²) in [5.74, 6) is -2.25. The first-order valence-electron chi connectivity index (χ1n) is 21.9. The van der Waals surface area contributed by atoms with Gasteiger partial charge in [-0.1, -0.05) is 78.9 Å². The second-order valence-corrected chi connectivity index (χ2v) is 16.2. The summed E-state index contributed by atoms with van der Waals surface area (Å²) in [5, 5.41) is 14.4. The van der Waals surface area contributed by atoms with Gasteiger partial charge in [0, 0.05) is 75.7 Å². The van der Waals surface area contributed by atoms with Crippen LogP contribution in [0, 0.1) is 5.41 Å². The fourth-order valence-electron chi connectivity index (χ4n) is 8.08. The van der Waals surface area contributed by atoms with Crippen LogP contribution < -0.4 is 37.1 Å². The molecule has 16 heteroatoms. The van der Waals surface area contributed by atoms with Crippen molar-refractivity contribution in [3.8, 4) is 17.0 Å². The number of nitrogens with two attached hydrogens (primary N) is 1. The van der Waals surface area contributed by atoms with Crippen LogP contribution in [0.4, 0.5) is 0 Å². The summed E-state index contributed by atoms with van der Waals surface area (Å²) in [7, 11) is 1.55. The molecule has 0 saturated carbocycles. The third-order valence-corrected chi connectivity index (χ3v) is 11.5. The number of hydrogen-bond acceptors (Lipinski definition) is 10. The summed E-state index contributed by atoms with van der Waals surface area (Å²) < 4.78 is 10.6. The van der Waals surface area contributed by atoms with Crippen molar-refractivity contribution in [3.63, 3.8) is 0 Å². The van der Waals surface area contributed by atoms with Crippen LogP contribution in [0.1, 0.15) is 41.5 Å². The van der Waals surface area contributed by atoms with Crippen LogP contribution in [0.15, 0.2) is 109 Å². The fraction of sp³-hybridized carbons (Fsp3) is 0.367. The van der Waals surface area contributed by atoms with Gasteiger partial charge in [0.15, 0.2) is 0 Å². The monoisotopic (exact) mass is 886 g/mol. The van der Waals surface area contributed by atoms with E-state index in [-0.39, 0.29) is 58.0 Å². The molecule has 6 rings (SSSR count). The smallest absolute Gasteiger partial charge is 0.246 e. The second kappa shape index (κ2) is 23.7. The first-order valence-corrected chi connectivity index (χ1v) is 21.9. The number of ether oxygens (including phenoxy) is 2. The van der Waals surface area contributed by atoms with Crippen LogP contribution in [-0.4, -0.2) is 110 Å². The van der Waals surface area contributed by atoms with Gasteiger partial charge in [-0.2, -0.15) is 0 Å². The number of hydrogen-bond donors (Lipinski definition) is 6. The van der Waals surface area contributed by atoms with Crippen LogP contribution in [0.3, 0.4) is 0 Å². The largest absolute Gasteiger partial charge is 0.481 e. The zero-order valence-corrected chi connectivity index (χ0v) is 36.7. The highest BCUT2D eigenvalue weighted by molar-refractivity contribution is 5.97. The van der Waals surface area contributed by atoms with Crippen molar-refractivity contribution < 1.29 is 38.2 Å². The number of aromatic nitrogens is 1. The highest BCUT2D eigenvalue weighted by atomic mass is 16.5. The van der Waals surface area contributed by atoms with Crippen molar-refractivity contribution in [1.82, 2.24) is 36.5 Å². The Hall–Kier alpha value is -6.91. The van der Waals surface area contributed by atoms with Crippen LogP contribution in [-0.2, 0) is 59.3 Å². The lowest BCUT2D eigenvalue weighted by Crippen LogP contribution is -2.58. The molecule has 1 aromatic heterocycles. The maximum absolute atomic E-state index is 14.9. The van der Waals surface area contributed by atoms with Gasteiger partial charge in [-0.05, 0) is 59.6 Å². The number of nitrogens with zero attached hydrogens (tertiary/aromatic N) is 2. The highest BCUT2D eigenvalue weighted by Crippen LogP contribution is 2.35. The zero-order valence-electron chi connectivity index (χ0n) is 36.7. The molecule has 3 heterocycles. The lowest BCUT2D eigenvalue weighted by atomic mass is 9.74. The summed E-state index contributed by atoms with van der Waals surface area (Å²) in [6, 6.07) is 26.0. The Bertz CT molecular complexity index is 2290. The number of pyridine rings is 1. The Kier molecular flexibility index (Phi) is 17.3. The van der Waals surface area contributed by atoms with Gasteiger partial charge in [-0.25, -0.2) is 4.98 Å². The molecule has 65 heavy (non-hydrogen) atoms. The number of fused-ring (bicyclic) bond motifs is 3. The molecule has 0 spiro atoms. The summed E-state index contributed by atoms with van der Waals surface area (Å²) in [6.45, 7) is 1.54. The molecule has 2 bridgehead atoms. The Morgan fingerprint density at radius 1 is 0.862 bits per heavy atom. The average Bonchev–Trinajstić information content (AvgIpc) is 3.32. The van der Waals surface area contributed by atoms with Crippen LogP contribution in [0.5, 0.6) is 5.88 Å². The number of amides is 6. The molecule has 0 unspecified atom stereocenters. The predicted molar refractivity (Wildman–Crippen MR) is 244 cm³/mol. The molecule has 3 aromatic carbocycles. The number of nitrogens with one attached hydrogen (secondary N) is 5. The van der Waals surface area contributed by atoms with Crippen molar-refractivity contribution in [2.75, 3.05) is 53.0 Å². The first kappa shape index (κ1) is 47.6. The molecular weight excluding hydrogens is 829 g/mol. The van der Waals surface area contributed by atoms with Crippen LogP contribution >= 0.6 is 0 Å². The van der Waals surface area contributed by atoms with E-state index in [1.807, 2.05) is 60.7 Å². The van der Waals surface area contributed by atoms with Crippen molar-refractivity contribution in [2.24, 2.45) is 11.1 Å². The van der Waals surface area contributed by atoms with Crippen molar-refractivity contribution in [3.05, 3.63) is 132 Å². The van der Waals surface area contributed by atoms with Crippen molar-refractivity contribution in [1.29, 1.82) is 0 Å². The quantitative estimate of drug-likeness (QED) is 0.114. The normalized spacial score (nSPS) is 20.6. The van der Waals surface area contributed by atoms with E-state index >= 15 is 0 Å². The number of carbonyl (C=O) groups is 6. The molecule has 0 radical (unpaired) electrons. The molecule has 16 nitrogen and oxygen atoms in total. The number of rotatable bonds is 12. The molecule has 1 saturated heterocycles. The Balaban J connectivity index is 1.30. The van der Waals surface area contributed by atoms with E-state index in [2.05, 4.69) is 31.6 Å². The van der Waals surface area contributed by atoms with E-state index in [0.717, 1.165) is 28.3 Å². The molecule has 3 atom stereocenters. The third-order valence-electron chi connectivity index (χ3n) is 11.5. The van der Waals surface area contributed by atoms with Gasteiger partial charge in [-0.15, -0.1) is 0 Å². The summed E-state index contributed by atoms with van der Waals surface area (Å²) >= 11 is 0. The lowest BCUT2D eigenvalue weighted by molar-refractivity contribution is -0.141. The fourth-order valence-corrected chi connectivity index (χ4v) is 8.08. The molecular formula is C49H58N8O8. The summed E-state index contributed by atoms with van der Waals surface area (Å²) in [6.07, 6.45) is 5.36. The van der Waals surface area contributed by atoms with Crippen LogP contribution in [0.25, 0.3) is 11.1 Å². The van der Waals surface area contributed by atoms with Crippen molar-refractivity contribution >= 4 is 35.4 Å². The van der Waals surface area contributed by atoms with E-state index in [1.165, 1.54) is 6.08 Å². The minimum atomic E-state index is -1.11. The van der Waals surface area contributed by atoms with Gasteiger partial charge < -0.3 is 46.7 Å². The molecule has 0 aliphatic carbocycles. The number of methoxy groups -OCH3 is 1.